The lowest BCUT2D eigenvalue weighted by Gasteiger charge is -2.19. The molecule has 3 rings (SSSR count). The first kappa shape index (κ1) is 16.5. The maximum atomic E-state index is 12.5. The summed E-state index contributed by atoms with van der Waals surface area (Å²) in [5.41, 5.74) is 4.23. The highest BCUT2D eigenvalue weighted by molar-refractivity contribution is 9.10. The lowest BCUT2D eigenvalue weighted by Crippen LogP contribution is -2.28. The molecule has 0 aliphatic heterocycles. The molecule has 0 spiro atoms. The minimum Gasteiger partial charge on any atom is -0.314 e. The van der Waals surface area contributed by atoms with E-state index in [2.05, 4.69) is 40.2 Å². The zero-order valence-electron chi connectivity index (χ0n) is 13.4. The molecule has 0 N–H and O–H groups in total. The molecule has 0 fully saturated rings. The van der Waals surface area contributed by atoms with Crippen molar-refractivity contribution in [3.05, 3.63) is 88.9 Å². The fraction of sp³-hybridized carbons (Fsp3) is 0.0952. The average Bonchev–Trinajstić information content (AvgIpc) is 2.63. The molecular weight excluding hydrogens is 362 g/mol. The van der Waals surface area contributed by atoms with Crippen molar-refractivity contribution in [1.82, 2.24) is 0 Å². The number of anilines is 1. The smallest absolute Gasteiger partial charge is 0.231 e. The topological polar surface area (TPSA) is 20.3 Å². The van der Waals surface area contributed by atoms with Crippen LogP contribution in [0.5, 0.6) is 0 Å². The first-order valence-corrected chi connectivity index (χ1v) is 8.60. The number of nitrogens with zero attached hydrogens (tertiary/aromatic N) is 1. The Labute approximate surface area is 150 Å². The number of para-hydroxylation sites is 1. The van der Waals surface area contributed by atoms with Crippen molar-refractivity contribution in [2.75, 3.05) is 11.9 Å². The third kappa shape index (κ3) is 3.74. The number of carbonyl (C=O) groups is 1. The molecule has 3 heteroatoms. The molecule has 120 valence electrons. The van der Waals surface area contributed by atoms with Gasteiger partial charge < -0.3 is 4.90 Å². The summed E-state index contributed by atoms with van der Waals surface area (Å²) in [7, 11) is 1.81. The summed E-state index contributed by atoms with van der Waals surface area (Å²) < 4.78 is 0.917. The summed E-state index contributed by atoms with van der Waals surface area (Å²) in [4.78, 5) is 14.2. The molecule has 0 atom stereocenters. The van der Waals surface area contributed by atoms with Crippen LogP contribution in [0.3, 0.4) is 0 Å². The van der Waals surface area contributed by atoms with Gasteiger partial charge >= 0.3 is 0 Å². The molecule has 0 aliphatic carbocycles. The SMILES string of the molecule is CN(C(=O)Cc1ccc(-c2ccccc2)cc1)c1ccccc1Br. The van der Waals surface area contributed by atoms with Crippen LogP contribution in [0.25, 0.3) is 11.1 Å². The predicted octanol–water partition coefficient (Wildman–Crippen LogP) is 5.32. The van der Waals surface area contributed by atoms with Crippen LogP contribution in [-0.4, -0.2) is 13.0 Å². The fourth-order valence-corrected chi connectivity index (χ4v) is 3.15. The summed E-state index contributed by atoms with van der Waals surface area (Å²) in [6, 6.07) is 26.1. The van der Waals surface area contributed by atoms with E-state index in [-0.39, 0.29) is 5.91 Å². The Morgan fingerprint density at radius 3 is 2.08 bits per heavy atom. The van der Waals surface area contributed by atoms with Crippen LogP contribution in [0.1, 0.15) is 5.56 Å². The zero-order valence-corrected chi connectivity index (χ0v) is 15.0. The molecule has 3 aromatic rings. The van der Waals surface area contributed by atoms with E-state index in [9.17, 15) is 4.79 Å². The summed E-state index contributed by atoms with van der Waals surface area (Å²) in [6.45, 7) is 0. The second-order valence-electron chi connectivity index (χ2n) is 5.64. The highest BCUT2D eigenvalue weighted by Crippen LogP contribution is 2.25. The van der Waals surface area contributed by atoms with Crippen LogP contribution >= 0.6 is 15.9 Å². The van der Waals surface area contributed by atoms with Crippen molar-refractivity contribution in [3.8, 4) is 11.1 Å². The quantitative estimate of drug-likeness (QED) is 0.600. The largest absolute Gasteiger partial charge is 0.314 e. The summed E-state index contributed by atoms with van der Waals surface area (Å²) in [6.07, 6.45) is 0.382. The molecule has 1 amide bonds. The lowest BCUT2D eigenvalue weighted by molar-refractivity contribution is -0.117. The van der Waals surface area contributed by atoms with E-state index < -0.39 is 0 Å². The maximum Gasteiger partial charge on any atom is 0.231 e. The summed E-state index contributed by atoms with van der Waals surface area (Å²) in [5, 5.41) is 0. The Morgan fingerprint density at radius 1 is 0.833 bits per heavy atom. The van der Waals surface area contributed by atoms with Crippen LogP contribution < -0.4 is 4.90 Å². The van der Waals surface area contributed by atoms with Crippen molar-refractivity contribution in [1.29, 1.82) is 0 Å². The number of benzene rings is 3. The molecule has 0 aliphatic rings. The minimum atomic E-state index is 0.0642. The van der Waals surface area contributed by atoms with Crippen molar-refractivity contribution < 1.29 is 4.79 Å². The Bertz CT molecular complexity index is 828. The van der Waals surface area contributed by atoms with E-state index in [1.165, 1.54) is 5.56 Å². The van der Waals surface area contributed by atoms with Gasteiger partial charge in [-0.2, -0.15) is 0 Å². The monoisotopic (exact) mass is 379 g/mol. The third-order valence-electron chi connectivity index (χ3n) is 4.00. The normalized spacial score (nSPS) is 10.4. The van der Waals surface area contributed by atoms with Crippen molar-refractivity contribution in [2.24, 2.45) is 0 Å². The van der Waals surface area contributed by atoms with Gasteiger partial charge in [0.15, 0.2) is 0 Å². The van der Waals surface area contributed by atoms with Crippen molar-refractivity contribution in [2.45, 2.75) is 6.42 Å². The molecule has 3 aromatic carbocycles. The number of hydrogen-bond acceptors (Lipinski definition) is 1. The standard InChI is InChI=1S/C21H18BrNO/c1-23(20-10-6-5-9-19(20)22)21(24)15-16-11-13-18(14-12-16)17-7-3-2-4-8-17/h2-14H,15H2,1H3. The van der Waals surface area contributed by atoms with E-state index in [4.69, 9.17) is 0 Å². The molecule has 0 saturated heterocycles. The first-order valence-electron chi connectivity index (χ1n) is 7.80. The maximum absolute atomic E-state index is 12.5. The Morgan fingerprint density at radius 2 is 1.42 bits per heavy atom. The molecule has 2 nitrogen and oxygen atoms in total. The van der Waals surface area contributed by atoms with Crippen molar-refractivity contribution in [3.63, 3.8) is 0 Å². The average molecular weight is 380 g/mol. The molecule has 24 heavy (non-hydrogen) atoms. The lowest BCUT2D eigenvalue weighted by atomic mass is 10.0. The molecule has 0 heterocycles. The third-order valence-corrected chi connectivity index (χ3v) is 4.67. The highest BCUT2D eigenvalue weighted by Gasteiger charge is 2.13. The van der Waals surface area contributed by atoms with Gasteiger partial charge in [0, 0.05) is 11.5 Å². The van der Waals surface area contributed by atoms with E-state index in [1.54, 1.807) is 11.9 Å². The van der Waals surface area contributed by atoms with Gasteiger partial charge in [0.25, 0.3) is 0 Å². The number of rotatable bonds is 4. The summed E-state index contributed by atoms with van der Waals surface area (Å²) >= 11 is 3.49. The second kappa shape index (κ2) is 7.45. The zero-order chi connectivity index (χ0) is 16.9. The number of carbonyl (C=O) groups excluding carboxylic acids is 1. The Hall–Kier alpha value is -2.39. The van der Waals surface area contributed by atoms with Crippen molar-refractivity contribution >= 4 is 27.5 Å². The van der Waals surface area contributed by atoms with Gasteiger partial charge in [0.2, 0.25) is 5.91 Å². The number of halogens is 1. The molecule has 0 saturated carbocycles. The van der Waals surface area contributed by atoms with Gasteiger partial charge in [0.1, 0.15) is 0 Å². The van der Waals surface area contributed by atoms with Gasteiger partial charge in [-0.05, 0) is 44.8 Å². The van der Waals surface area contributed by atoms with E-state index in [1.807, 2.05) is 54.6 Å². The first-order chi connectivity index (χ1) is 11.6. The molecule has 0 radical (unpaired) electrons. The van der Waals surface area contributed by atoms with Crippen LogP contribution in [0.4, 0.5) is 5.69 Å². The second-order valence-corrected chi connectivity index (χ2v) is 6.50. The minimum absolute atomic E-state index is 0.0642. The highest BCUT2D eigenvalue weighted by atomic mass is 79.9. The van der Waals surface area contributed by atoms with E-state index in [0.717, 1.165) is 21.3 Å². The molecule has 0 aromatic heterocycles. The van der Waals surface area contributed by atoms with Gasteiger partial charge in [-0.1, -0.05) is 66.7 Å². The van der Waals surface area contributed by atoms with Gasteiger partial charge in [-0.3, -0.25) is 4.79 Å². The number of likely N-dealkylation sites (N-methyl/N-ethyl adjacent to an activating group) is 1. The summed E-state index contributed by atoms with van der Waals surface area (Å²) in [5.74, 6) is 0.0642. The van der Waals surface area contributed by atoms with Crippen LogP contribution in [0.15, 0.2) is 83.3 Å². The number of amides is 1. The van der Waals surface area contributed by atoms with E-state index in [0.29, 0.717) is 6.42 Å². The fourth-order valence-electron chi connectivity index (χ4n) is 2.60. The molecule has 0 unspecified atom stereocenters. The van der Waals surface area contributed by atoms with Crippen LogP contribution in [-0.2, 0) is 11.2 Å². The molecule has 0 bridgehead atoms. The van der Waals surface area contributed by atoms with Gasteiger partial charge in [0.05, 0.1) is 12.1 Å². The Balaban J connectivity index is 1.72. The van der Waals surface area contributed by atoms with Gasteiger partial charge in [-0.25, -0.2) is 0 Å². The van der Waals surface area contributed by atoms with Gasteiger partial charge in [-0.15, -0.1) is 0 Å². The Kier molecular flexibility index (Phi) is 5.11. The predicted molar refractivity (Wildman–Crippen MR) is 103 cm³/mol. The van der Waals surface area contributed by atoms with Crippen LogP contribution in [0.2, 0.25) is 0 Å². The van der Waals surface area contributed by atoms with Crippen LogP contribution in [0, 0.1) is 0 Å². The number of hydrogen-bond donors (Lipinski definition) is 0. The molecular formula is C21H18BrNO. The van der Waals surface area contributed by atoms with E-state index >= 15 is 0 Å².